The third-order valence-corrected chi connectivity index (χ3v) is 5.50. The van der Waals surface area contributed by atoms with Gasteiger partial charge in [0.2, 0.25) is 10.0 Å². The zero-order valence-electron chi connectivity index (χ0n) is 13.9. The Morgan fingerprint density at radius 3 is 2.62 bits per heavy atom. The van der Waals surface area contributed by atoms with Gasteiger partial charge in [-0.05, 0) is 43.6 Å². The number of benzene rings is 1. The highest BCUT2D eigenvalue weighted by molar-refractivity contribution is 7.89. The highest BCUT2D eigenvalue weighted by atomic mass is 35.5. The molecule has 0 radical (unpaired) electrons. The topological polar surface area (TPSA) is 93.7 Å². The Kier molecular flexibility index (Phi) is 7.47. The summed E-state index contributed by atoms with van der Waals surface area (Å²) in [5, 5.41) is 3.23. The molecule has 0 amide bonds. The summed E-state index contributed by atoms with van der Waals surface area (Å²) in [5.74, 6) is -0.243. The summed E-state index contributed by atoms with van der Waals surface area (Å²) in [4.78, 5) is 11.6. The molecule has 24 heavy (non-hydrogen) atoms. The van der Waals surface area contributed by atoms with Crippen LogP contribution in [-0.2, 0) is 14.8 Å². The Hall–Kier alpha value is -1.35. The summed E-state index contributed by atoms with van der Waals surface area (Å²) in [6, 6.07) is 4.01. The van der Waals surface area contributed by atoms with Gasteiger partial charge >= 0.3 is 5.97 Å². The predicted molar refractivity (Wildman–Crippen MR) is 92.3 cm³/mol. The number of carbonyl (C=O) groups excluding carboxylic acids is 1. The first-order chi connectivity index (χ1) is 10.9. The van der Waals surface area contributed by atoms with Crippen LogP contribution in [-0.4, -0.2) is 47.7 Å². The van der Waals surface area contributed by atoms with Gasteiger partial charge in [-0.1, -0.05) is 6.92 Å². The minimum Gasteiger partial charge on any atom is -0.495 e. The molecule has 1 heterocycles. The van der Waals surface area contributed by atoms with E-state index in [2.05, 4.69) is 14.8 Å². The number of piperidine rings is 1. The van der Waals surface area contributed by atoms with E-state index in [4.69, 9.17) is 4.74 Å². The molecule has 1 saturated heterocycles. The molecule has 0 aliphatic carbocycles. The summed E-state index contributed by atoms with van der Waals surface area (Å²) in [6.07, 6.45) is 0.725. The van der Waals surface area contributed by atoms with E-state index in [-0.39, 0.29) is 40.6 Å². The van der Waals surface area contributed by atoms with E-state index in [0.717, 1.165) is 19.5 Å². The first-order valence-electron chi connectivity index (χ1n) is 7.38. The van der Waals surface area contributed by atoms with Gasteiger partial charge in [0.25, 0.3) is 0 Å². The van der Waals surface area contributed by atoms with Crippen molar-refractivity contribution in [1.29, 1.82) is 0 Å². The van der Waals surface area contributed by atoms with Crippen molar-refractivity contribution in [2.45, 2.75) is 24.3 Å². The SMILES string of the molecule is COC(=O)c1ccc(S(=O)(=O)NC2CCNCC2C)c(OC)c1.Cl. The van der Waals surface area contributed by atoms with E-state index in [9.17, 15) is 13.2 Å². The number of methoxy groups -OCH3 is 2. The number of sulfonamides is 1. The van der Waals surface area contributed by atoms with Gasteiger partial charge in [0.05, 0.1) is 19.8 Å². The number of hydrogen-bond acceptors (Lipinski definition) is 6. The quantitative estimate of drug-likeness (QED) is 0.747. The molecule has 7 nitrogen and oxygen atoms in total. The lowest BCUT2D eigenvalue weighted by Gasteiger charge is -2.30. The molecule has 1 aliphatic heterocycles. The average Bonchev–Trinajstić information content (AvgIpc) is 2.55. The molecule has 1 aliphatic rings. The molecule has 2 atom stereocenters. The standard InChI is InChI=1S/C15H22N2O5S.ClH/c1-10-9-16-7-6-12(10)17-23(19,20)14-5-4-11(15(18)22-3)8-13(14)21-2;/h4-5,8,10,12,16-17H,6-7,9H2,1-3H3;1H. The van der Waals surface area contributed by atoms with E-state index >= 15 is 0 Å². The van der Waals surface area contributed by atoms with Crippen LogP contribution in [0.2, 0.25) is 0 Å². The van der Waals surface area contributed by atoms with Crippen molar-refractivity contribution >= 4 is 28.4 Å². The summed E-state index contributed by atoms with van der Waals surface area (Å²) in [5.41, 5.74) is 0.235. The van der Waals surface area contributed by atoms with Gasteiger partial charge in [-0.3, -0.25) is 0 Å². The van der Waals surface area contributed by atoms with Gasteiger partial charge < -0.3 is 14.8 Å². The summed E-state index contributed by atoms with van der Waals surface area (Å²) in [7, 11) is -1.11. The molecule has 0 aromatic heterocycles. The number of rotatable bonds is 5. The van der Waals surface area contributed by atoms with Crippen LogP contribution in [0.1, 0.15) is 23.7 Å². The lowest BCUT2D eigenvalue weighted by atomic mass is 9.97. The van der Waals surface area contributed by atoms with Crippen LogP contribution < -0.4 is 14.8 Å². The van der Waals surface area contributed by atoms with Gasteiger partial charge in [0.1, 0.15) is 10.6 Å². The van der Waals surface area contributed by atoms with Crippen LogP contribution in [0.25, 0.3) is 0 Å². The van der Waals surface area contributed by atoms with Crippen LogP contribution in [0.15, 0.2) is 23.1 Å². The average molecular weight is 379 g/mol. The molecular weight excluding hydrogens is 356 g/mol. The van der Waals surface area contributed by atoms with Crippen molar-refractivity contribution in [2.24, 2.45) is 5.92 Å². The fourth-order valence-electron chi connectivity index (χ4n) is 2.59. The third-order valence-electron chi connectivity index (χ3n) is 3.97. The smallest absolute Gasteiger partial charge is 0.337 e. The zero-order valence-corrected chi connectivity index (χ0v) is 15.5. The Labute approximate surface area is 148 Å². The summed E-state index contributed by atoms with van der Waals surface area (Å²) >= 11 is 0. The van der Waals surface area contributed by atoms with Crippen molar-refractivity contribution in [2.75, 3.05) is 27.3 Å². The molecule has 1 fully saturated rings. The van der Waals surface area contributed by atoms with Crippen LogP contribution in [0.4, 0.5) is 0 Å². The molecular formula is C15H23ClN2O5S. The van der Waals surface area contributed by atoms with Gasteiger partial charge in [-0.2, -0.15) is 0 Å². The van der Waals surface area contributed by atoms with Crippen LogP contribution in [0.3, 0.4) is 0 Å². The molecule has 136 valence electrons. The lowest BCUT2D eigenvalue weighted by Crippen LogP contribution is -2.48. The summed E-state index contributed by atoms with van der Waals surface area (Å²) in [6.45, 7) is 3.54. The molecule has 1 aromatic rings. The van der Waals surface area contributed by atoms with Gasteiger partial charge in [0, 0.05) is 6.04 Å². The highest BCUT2D eigenvalue weighted by Gasteiger charge is 2.28. The summed E-state index contributed by atoms with van der Waals surface area (Å²) < 4.78 is 37.8. The van der Waals surface area contributed by atoms with Crippen LogP contribution >= 0.6 is 12.4 Å². The van der Waals surface area contributed by atoms with Crippen molar-refractivity contribution in [1.82, 2.24) is 10.0 Å². The maximum atomic E-state index is 12.6. The fourth-order valence-corrected chi connectivity index (χ4v) is 4.12. The Morgan fingerprint density at radius 1 is 1.33 bits per heavy atom. The number of ether oxygens (including phenoxy) is 2. The molecule has 2 unspecified atom stereocenters. The molecule has 0 bridgehead atoms. The Bertz CT molecular complexity index is 680. The van der Waals surface area contributed by atoms with E-state index < -0.39 is 16.0 Å². The molecule has 0 saturated carbocycles. The Morgan fingerprint density at radius 2 is 2.04 bits per heavy atom. The predicted octanol–water partition coefficient (Wildman–Crippen LogP) is 1.18. The van der Waals surface area contributed by atoms with Crippen LogP contribution in [0, 0.1) is 5.92 Å². The van der Waals surface area contributed by atoms with Gasteiger partial charge in [-0.15, -0.1) is 12.4 Å². The minimum absolute atomic E-state index is 0. The fraction of sp³-hybridized carbons (Fsp3) is 0.533. The second kappa shape index (κ2) is 8.66. The minimum atomic E-state index is -3.74. The maximum absolute atomic E-state index is 12.6. The van der Waals surface area contributed by atoms with E-state index in [0.29, 0.717) is 0 Å². The van der Waals surface area contributed by atoms with Crippen molar-refractivity contribution in [3.8, 4) is 5.75 Å². The van der Waals surface area contributed by atoms with Crippen LogP contribution in [0.5, 0.6) is 5.75 Å². The monoisotopic (exact) mass is 378 g/mol. The molecule has 2 rings (SSSR count). The largest absolute Gasteiger partial charge is 0.495 e. The van der Waals surface area contributed by atoms with E-state index in [1.807, 2.05) is 6.92 Å². The van der Waals surface area contributed by atoms with E-state index in [1.54, 1.807) is 0 Å². The first-order valence-corrected chi connectivity index (χ1v) is 8.86. The zero-order chi connectivity index (χ0) is 17.0. The normalized spacial score (nSPS) is 20.8. The maximum Gasteiger partial charge on any atom is 0.337 e. The molecule has 0 spiro atoms. The molecule has 2 N–H and O–H groups in total. The molecule has 1 aromatic carbocycles. The van der Waals surface area contributed by atoms with Gasteiger partial charge in [0.15, 0.2) is 0 Å². The molecule has 9 heteroatoms. The number of halogens is 1. The van der Waals surface area contributed by atoms with E-state index in [1.165, 1.54) is 32.4 Å². The number of hydrogen-bond donors (Lipinski definition) is 2. The Balaban J connectivity index is 0.00000288. The van der Waals surface area contributed by atoms with Crippen molar-refractivity contribution in [3.05, 3.63) is 23.8 Å². The second-order valence-electron chi connectivity index (χ2n) is 5.56. The highest BCUT2D eigenvalue weighted by Crippen LogP contribution is 2.26. The lowest BCUT2D eigenvalue weighted by molar-refractivity contribution is 0.0600. The third kappa shape index (κ3) is 4.60. The first kappa shape index (κ1) is 20.7. The second-order valence-corrected chi connectivity index (χ2v) is 7.24. The number of nitrogens with one attached hydrogen (secondary N) is 2. The number of esters is 1. The van der Waals surface area contributed by atoms with Crippen molar-refractivity contribution < 1.29 is 22.7 Å². The van der Waals surface area contributed by atoms with Gasteiger partial charge in [-0.25, -0.2) is 17.9 Å². The number of carbonyl (C=O) groups is 1. The van der Waals surface area contributed by atoms with Crippen molar-refractivity contribution in [3.63, 3.8) is 0 Å².